The number of likely N-dealkylation sites (tertiary alicyclic amines) is 1. The van der Waals surface area contributed by atoms with Crippen LogP contribution in [0.2, 0.25) is 0 Å². The van der Waals surface area contributed by atoms with Gasteiger partial charge in [-0.3, -0.25) is 9.59 Å². The lowest BCUT2D eigenvalue weighted by atomic mass is 10.0. The molecule has 0 N–H and O–H groups in total. The Bertz CT molecular complexity index is 513. The molecule has 3 nitrogen and oxygen atoms in total. The van der Waals surface area contributed by atoms with Crippen molar-refractivity contribution in [1.82, 2.24) is 4.90 Å². The van der Waals surface area contributed by atoms with Crippen LogP contribution in [0.4, 0.5) is 13.2 Å². The smallest absolute Gasteiger partial charge is 0.335 e. The highest BCUT2D eigenvalue weighted by molar-refractivity contribution is 6.05. The van der Waals surface area contributed by atoms with Crippen molar-refractivity contribution in [3.05, 3.63) is 35.9 Å². The highest BCUT2D eigenvalue weighted by Crippen LogP contribution is 2.32. The zero-order valence-electron chi connectivity index (χ0n) is 10.9. The van der Waals surface area contributed by atoms with E-state index in [9.17, 15) is 22.8 Å². The van der Waals surface area contributed by atoms with E-state index in [1.807, 2.05) is 6.07 Å². The number of hydrogen-bond acceptors (Lipinski definition) is 2. The fourth-order valence-corrected chi connectivity index (χ4v) is 2.44. The van der Waals surface area contributed by atoms with Crippen molar-refractivity contribution >= 4 is 11.7 Å². The number of benzene rings is 1. The van der Waals surface area contributed by atoms with E-state index in [-0.39, 0.29) is 19.0 Å². The van der Waals surface area contributed by atoms with Gasteiger partial charge < -0.3 is 4.90 Å². The molecule has 1 aliphatic heterocycles. The van der Waals surface area contributed by atoms with Crippen molar-refractivity contribution in [3.63, 3.8) is 0 Å². The number of rotatable bonds is 3. The molecular weight excluding hydrogens is 271 g/mol. The molecule has 1 amide bonds. The molecule has 20 heavy (non-hydrogen) atoms. The summed E-state index contributed by atoms with van der Waals surface area (Å²) in [5, 5.41) is 0. The highest BCUT2D eigenvalue weighted by atomic mass is 19.4. The van der Waals surface area contributed by atoms with Gasteiger partial charge >= 0.3 is 6.18 Å². The van der Waals surface area contributed by atoms with E-state index in [0.29, 0.717) is 0 Å². The van der Waals surface area contributed by atoms with E-state index in [1.165, 1.54) is 4.90 Å². The first-order chi connectivity index (χ1) is 9.32. The summed E-state index contributed by atoms with van der Waals surface area (Å²) in [6.07, 6.45) is -5.03. The zero-order chi connectivity index (χ0) is 14.9. The molecular formula is C14H14F3NO2. The molecule has 0 saturated carbocycles. The van der Waals surface area contributed by atoms with Gasteiger partial charge in [-0.1, -0.05) is 30.3 Å². The Hall–Kier alpha value is -1.85. The monoisotopic (exact) mass is 285 g/mol. The van der Waals surface area contributed by atoms with Crippen LogP contribution in [0, 0.1) is 5.92 Å². The first kappa shape index (κ1) is 14.6. The van der Waals surface area contributed by atoms with Crippen LogP contribution >= 0.6 is 0 Å². The SMILES string of the molecule is C[C@H](c1ccccc1)N1CC[C@@H](C(=O)C(F)(F)F)C1=O. The molecule has 2 rings (SSSR count). The van der Waals surface area contributed by atoms with Gasteiger partial charge in [-0.15, -0.1) is 0 Å². The van der Waals surface area contributed by atoms with Crippen molar-refractivity contribution in [2.45, 2.75) is 25.6 Å². The number of amides is 1. The Morgan fingerprint density at radius 1 is 1.30 bits per heavy atom. The summed E-state index contributed by atoms with van der Waals surface area (Å²) in [7, 11) is 0. The molecule has 0 unspecified atom stereocenters. The number of carbonyl (C=O) groups excluding carboxylic acids is 2. The maximum atomic E-state index is 12.4. The Labute approximate surface area is 114 Å². The molecule has 1 saturated heterocycles. The summed E-state index contributed by atoms with van der Waals surface area (Å²) in [6, 6.07) is 8.68. The van der Waals surface area contributed by atoms with Gasteiger partial charge in [-0.2, -0.15) is 13.2 Å². The van der Waals surface area contributed by atoms with Crippen LogP contribution in [0.5, 0.6) is 0 Å². The quantitative estimate of drug-likeness (QED) is 0.801. The predicted octanol–water partition coefficient (Wildman–Crippen LogP) is 2.73. The van der Waals surface area contributed by atoms with Crippen LogP contribution in [0.25, 0.3) is 0 Å². The Morgan fingerprint density at radius 2 is 1.90 bits per heavy atom. The second kappa shape index (κ2) is 5.26. The Balaban J connectivity index is 2.14. The first-order valence-corrected chi connectivity index (χ1v) is 6.29. The van der Waals surface area contributed by atoms with Crippen LogP contribution < -0.4 is 0 Å². The Kier molecular flexibility index (Phi) is 3.83. The van der Waals surface area contributed by atoms with Crippen molar-refractivity contribution in [2.75, 3.05) is 6.54 Å². The van der Waals surface area contributed by atoms with Crippen LogP contribution in [-0.4, -0.2) is 29.3 Å². The number of ketones is 1. The van der Waals surface area contributed by atoms with Gasteiger partial charge in [0.25, 0.3) is 0 Å². The largest absolute Gasteiger partial charge is 0.450 e. The zero-order valence-corrected chi connectivity index (χ0v) is 10.9. The summed E-state index contributed by atoms with van der Waals surface area (Å²) in [5.74, 6) is -4.25. The van der Waals surface area contributed by atoms with E-state index in [0.717, 1.165) is 5.56 Å². The number of nitrogens with zero attached hydrogens (tertiary/aromatic N) is 1. The maximum absolute atomic E-state index is 12.4. The number of carbonyl (C=O) groups is 2. The van der Waals surface area contributed by atoms with E-state index < -0.39 is 23.8 Å². The second-order valence-electron chi connectivity index (χ2n) is 4.82. The minimum absolute atomic E-state index is 0.0750. The number of alkyl halides is 3. The summed E-state index contributed by atoms with van der Waals surface area (Å²) in [4.78, 5) is 24.6. The minimum atomic E-state index is -4.95. The van der Waals surface area contributed by atoms with E-state index >= 15 is 0 Å². The molecule has 108 valence electrons. The number of hydrogen-bond donors (Lipinski definition) is 0. The molecule has 1 fully saturated rings. The Morgan fingerprint density at radius 3 is 2.45 bits per heavy atom. The van der Waals surface area contributed by atoms with Crippen LogP contribution in [0.1, 0.15) is 24.9 Å². The lowest BCUT2D eigenvalue weighted by Crippen LogP contribution is -2.37. The standard InChI is InChI=1S/C14H14F3NO2/c1-9(10-5-3-2-4-6-10)18-8-7-11(13(18)20)12(19)14(15,16)17/h2-6,9,11H,7-8H2,1H3/t9-,11+/m1/s1. The highest BCUT2D eigenvalue weighted by Gasteiger charge is 2.50. The molecule has 0 radical (unpaired) electrons. The molecule has 2 atom stereocenters. The molecule has 6 heteroatoms. The molecule has 1 aromatic carbocycles. The topological polar surface area (TPSA) is 37.4 Å². The van der Waals surface area contributed by atoms with Crippen molar-refractivity contribution in [2.24, 2.45) is 5.92 Å². The molecule has 1 heterocycles. The number of Topliss-reactive ketones (excluding diaryl/α,β-unsaturated/α-hetero) is 1. The van der Waals surface area contributed by atoms with Gasteiger partial charge in [0.1, 0.15) is 5.92 Å². The number of halogens is 3. The average Bonchev–Trinajstić information content (AvgIpc) is 2.78. The fourth-order valence-electron chi connectivity index (χ4n) is 2.44. The van der Waals surface area contributed by atoms with Crippen molar-refractivity contribution in [1.29, 1.82) is 0 Å². The molecule has 0 bridgehead atoms. The third-order valence-electron chi connectivity index (χ3n) is 3.59. The second-order valence-corrected chi connectivity index (χ2v) is 4.82. The van der Waals surface area contributed by atoms with Gasteiger partial charge in [0, 0.05) is 6.54 Å². The summed E-state index contributed by atoms with van der Waals surface area (Å²) in [5.41, 5.74) is 0.834. The summed E-state index contributed by atoms with van der Waals surface area (Å²) < 4.78 is 37.2. The molecule has 0 spiro atoms. The summed E-state index contributed by atoms with van der Waals surface area (Å²) >= 11 is 0. The summed E-state index contributed by atoms with van der Waals surface area (Å²) in [6.45, 7) is 1.91. The average molecular weight is 285 g/mol. The van der Waals surface area contributed by atoms with Gasteiger partial charge in [-0.05, 0) is 18.9 Å². The lowest BCUT2D eigenvalue weighted by Gasteiger charge is -2.25. The molecule has 0 aromatic heterocycles. The van der Waals surface area contributed by atoms with Gasteiger partial charge in [0.15, 0.2) is 0 Å². The van der Waals surface area contributed by atoms with Crippen molar-refractivity contribution in [3.8, 4) is 0 Å². The molecule has 0 aliphatic carbocycles. The minimum Gasteiger partial charge on any atom is -0.335 e. The fraction of sp³-hybridized carbons (Fsp3) is 0.429. The van der Waals surface area contributed by atoms with Gasteiger partial charge in [-0.25, -0.2) is 0 Å². The third-order valence-corrected chi connectivity index (χ3v) is 3.59. The third kappa shape index (κ3) is 2.69. The van der Waals surface area contributed by atoms with Crippen LogP contribution in [0.3, 0.4) is 0 Å². The lowest BCUT2D eigenvalue weighted by molar-refractivity contribution is -0.176. The predicted molar refractivity (Wildman–Crippen MR) is 65.7 cm³/mol. The van der Waals surface area contributed by atoms with Crippen LogP contribution in [0.15, 0.2) is 30.3 Å². The molecule has 1 aromatic rings. The van der Waals surface area contributed by atoms with E-state index in [4.69, 9.17) is 0 Å². The van der Waals surface area contributed by atoms with Gasteiger partial charge in [0.05, 0.1) is 6.04 Å². The van der Waals surface area contributed by atoms with Gasteiger partial charge in [0.2, 0.25) is 11.7 Å². The van der Waals surface area contributed by atoms with Crippen LogP contribution in [-0.2, 0) is 9.59 Å². The van der Waals surface area contributed by atoms with E-state index in [1.54, 1.807) is 31.2 Å². The first-order valence-electron chi connectivity index (χ1n) is 6.29. The van der Waals surface area contributed by atoms with E-state index in [2.05, 4.69) is 0 Å². The molecule has 1 aliphatic rings. The normalized spacial score (nSPS) is 21.1. The maximum Gasteiger partial charge on any atom is 0.450 e. The van der Waals surface area contributed by atoms with Crippen molar-refractivity contribution < 1.29 is 22.8 Å².